The molecule has 6 heterocycles. The molecular formula is C68H75N11O6S. The predicted molar refractivity (Wildman–Crippen MR) is 337 cm³/mol. The second kappa shape index (κ2) is 27.6. The zero-order valence-corrected chi connectivity index (χ0v) is 50.7. The van der Waals surface area contributed by atoms with Crippen molar-refractivity contribution in [3.05, 3.63) is 160 Å². The second-order valence-electron chi connectivity index (χ2n) is 23.4. The monoisotopic (exact) mass is 1170 g/mol. The number of methoxy groups -OCH3 is 1. The number of aryl methyl sites for hydroxylation is 1. The van der Waals surface area contributed by atoms with Gasteiger partial charge in [-0.25, -0.2) is 15.0 Å². The van der Waals surface area contributed by atoms with Crippen molar-refractivity contribution in [1.29, 1.82) is 0 Å². The number of unbranched alkanes of at least 4 members (excludes halogenated alkanes) is 1. The van der Waals surface area contributed by atoms with Crippen LogP contribution in [-0.4, -0.2) is 147 Å². The zero-order chi connectivity index (χ0) is 60.3. The van der Waals surface area contributed by atoms with Crippen molar-refractivity contribution < 1.29 is 28.7 Å². The molecule has 17 nitrogen and oxygen atoms in total. The highest BCUT2D eigenvalue weighted by Gasteiger charge is 2.45. The summed E-state index contributed by atoms with van der Waals surface area (Å²) in [5.41, 5.74) is 11.3. The lowest BCUT2D eigenvalue weighted by Crippen LogP contribution is -2.57. The predicted octanol–water partition coefficient (Wildman–Crippen LogP) is 9.05. The van der Waals surface area contributed by atoms with Crippen molar-refractivity contribution in [2.75, 3.05) is 65.3 Å². The SMILES string of the molecule is CNc1nc(-c2cnc3ccccc3c2)nc2c1CCN(C(=O)c1ccc(/C=C/c3ccc(C#CCN4CCN(C(=O)CCCCC(=O)N[C@H](C(=O)N5C[C@H](OC)C[C@H]5C(=O)NCc5ccc(-c6scnc6C)cc5)C(C)(C)C)CC4)cc3)cc1)C2. The number of nitrogens with zero attached hydrogens (tertiary/aromatic N) is 8. The van der Waals surface area contributed by atoms with E-state index in [4.69, 9.17) is 14.7 Å². The summed E-state index contributed by atoms with van der Waals surface area (Å²) < 4.78 is 5.64. The third kappa shape index (κ3) is 14.9. The Hall–Kier alpha value is -8.63. The molecule has 3 aromatic heterocycles. The number of rotatable bonds is 18. The molecule has 3 N–H and O–H groups in total. The van der Waals surface area contributed by atoms with Gasteiger partial charge in [0.1, 0.15) is 17.9 Å². The largest absolute Gasteiger partial charge is 0.380 e. The Balaban J connectivity index is 0.624. The molecule has 0 bridgehead atoms. The number of hydrogen-bond acceptors (Lipinski definition) is 13. The number of anilines is 1. The van der Waals surface area contributed by atoms with Crippen LogP contribution >= 0.6 is 11.3 Å². The molecular weight excluding hydrogens is 1100 g/mol. The standard InChI is InChI=1S/C68H75N11O6S/c1-45-61(86-44-72-45)50-27-25-49(26-28-50)40-71-65(82)58-39-54(85-6)42-79(58)67(84)62(68(2,3)4)74-59(80)15-9-10-16-60(81)77-36-34-76(35-37-77)32-11-12-46-17-19-47(20-18-46)21-22-48-23-29-51(30-24-48)66(83)78-33-31-55-57(43-78)73-63(75-64(55)69-5)53-38-52-13-7-8-14-56(52)70-41-53/h7-8,13-14,17-30,38,41,44,54,58,62H,9-10,15-16,31-37,39-40,42-43H2,1-6H3,(H,71,82)(H,74,80)(H,69,73,75)/b22-21+/t54-,58+,62-/m1/s1. The van der Waals surface area contributed by atoms with Gasteiger partial charge in [-0.05, 0) is 90.3 Å². The number of likely N-dealkylation sites (tertiary alicyclic amines) is 1. The maximum Gasteiger partial charge on any atom is 0.254 e. The Bertz CT molecular complexity index is 3670. The number of thiazole rings is 1. The minimum Gasteiger partial charge on any atom is -0.380 e. The summed E-state index contributed by atoms with van der Waals surface area (Å²) in [4.78, 5) is 95.8. The molecule has 18 heteroatoms. The van der Waals surface area contributed by atoms with Gasteiger partial charge in [-0.2, -0.15) is 0 Å². The van der Waals surface area contributed by atoms with E-state index in [1.807, 2.05) is 165 Å². The fourth-order valence-corrected chi connectivity index (χ4v) is 12.0. The molecule has 3 aliphatic heterocycles. The number of carbonyl (C=O) groups excluding carboxylic acids is 5. The average molecular weight is 1170 g/mol. The molecule has 2 saturated heterocycles. The summed E-state index contributed by atoms with van der Waals surface area (Å²) in [5, 5.41) is 10.3. The molecule has 3 aliphatic rings. The number of amides is 5. The second-order valence-corrected chi connectivity index (χ2v) is 24.2. The summed E-state index contributed by atoms with van der Waals surface area (Å²) in [6.45, 7) is 12.5. The van der Waals surface area contributed by atoms with Crippen molar-refractivity contribution in [3.8, 4) is 33.7 Å². The lowest BCUT2D eigenvalue weighted by atomic mass is 9.85. The van der Waals surface area contributed by atoms with E-state index < -0.39 is 17.5 Å². The summed E-state index contributed by atoms with van der Waals surface area (Å²) in [7, 11) is 3.44. The fraction of sp³-hybridized carbons (Fsp3) is 0.368. The number of fused-ring (bicyclic) bond motifs is 2. The van der Waals surface area contributed by atoms with Crippen LogP contribution in [0.4, 0.5) is 5.82 Å². The first kappa shape index (κ1) is 60.5. The van der Waals surface area contributed by atoms with E-state index in [0.29, 0.717) is 82.8 Å². The van der Waals surface area contributed by atoms with Crippen LogP contribution in [0, 0.1) is 24.2 Å². The molecule has 0 spiro atoms. The first-order valence-corrected chi connectivity index (χ1v) is 30.5. The summed E-state index contributed by atoms with van der Waals surface area (Å²) in [5.74, 6) is 7.11. The van der Waals surface area contributed by atoms with Crippen LogP contribution < -0.4 is 16.0 Å². The van der Waals surface area contributed by atoms with Crippen molar-refractivity contribution in [3.63, 3.8) is 0 Å². The van der Waals surface area contributed by atoms with Crippen LogP contribution in [0.15, 0.2) is 115 Å². The highest BCUT2D eigenvalue weighted by atomic mass is 32.1. The van der Waals surface area contributed by atoms with Crippen LogP contribution in [-0.2, 0) is 43.4 Å². The number of carbonyl (C=O) groups is 5. The molecule has 5 amide bonds. The Morgan fingerprint density at radius 2 is 1.55 bits per heavy atom. The van der Waals surface area contributed by atoms with Crippen LogP contribution in [0.2, 0.25) is 0 Å². The van der Waals surface area contributed by atoms with Gasteiger partial charge in [0.15, 0.2) is 5.82 Å². The maximum atomic E-state index is 14.3. The number of nitrogens with one attached hydrogen (secondary N) is 3. The van der Waals surface area contributed by atoms with Gasteiger partial charge in [0.25, 0.3) is 5.91 Å². The number of hydrogen-bond donors (Lipinski definition) is 3. The molecule has 10 rings (SSSR count). The highest BCUT2D eigenvalue weighted by Crippen LogP contribution is 2.31. The van der Waals surface area contributed by atoms with E-state index in [-0.39, 0.29) is 48.6 Å². The van der Waals surface area contributed by atoms with Crippen molar-refractivity contribution in [2.24, 2.45) is 5.41 Å². The maximum absolute atomic E-state index is 14.3. The number of piperazine rings is 1. The Labute approximate surface area is 507 Å². The van der Waals surface area contributed by atoms with Gasteiger partial charge in [-0.1, -0.05) is 111 Å². The Kier molecular flexibility index (Phi) is 19.4. The smallest absolute Gasteiger partial charge is 0.254 e. The number of para-hydroxylation sites is 1. The van der Waals surface area contributed by atoms with E-state index in [1.54, 1.807) is 29.5 Å². The highest BCUT2D eigenvalue weighted by molar-refractivity contribution is 7.13. The van der Waals surface area contributed by atoms with Gasteiger partial charge in [0, 0.05) is 113 Å². The molecule has 444 valence electrons. The molecule has 3 atom stereocenters. The Morgan fingerprint density at radius 1 is 0.826 bits per heavy atom. The number of pyridine rings is 1. The van der Waals surface area contributed by atoms with Crippen LogP contribution in [0.1, 0.15) is 102 Å². The third-order valence-corrected chi connectivity index (χ3v) is 17.3. The van der Waals surface area contributed by atoms with E-state index in [1.165, 1.54) is 0 Å². The summed E-state index contributed by atoms with van der Waals surface area (Å²) >= 11 is 1.59. The van der Waals surface area contributed by atoms with Crippen LogP contribution in [0.5, 0.6) is 0 Å². The Morgan fingerprint density at radius 3 is 2.24 bits per heavy atom. The van der Waals surface area contributed by atoms with Crippen molar-refractivity contribution in [1.82, 2.24) is 50.2 Å². The van der Waals surface area contributed by atoms with Gasteiger partial charge in [0.05, 0.1) is 46.5 Å². The van der Waals surface area contributed by atoms with E-state index in [9.17, 15) is 24.0 Å². The molecule has 0 saturated carbocycles. The number of benzene rings is 4. The molecule has 0 aliphatic carbocycles. The molecule has 2 fully saturated rings. The molecule has 0 radical (unpaired) electrons. The number of ether oxygens (including phenoxy) is 1. The topological polar surface area (TPSA) is 195 Å². The van der Waals surface area contributed by atoms with Gasteiger partial charge in [-0.15, -0.1) is 11.3 Å². The lowest BCUT2D eigenvalue weighted by Gasteiger charge is -2.35. The van der Waals surface area contributed by atoms with Crippen LogP contribution in [0.3, 0.4) is 0 Å². The van der Waals surface area contributed by atoms with Gasteiger partial charge in [0.2, 0.25) is 23.6 Å². The first-order chi connectivity index (χ1) is 41.6. The molecule has 86 heavy (non-hydrogen) atoms. The quantitative estimate of drug-likeness (QED) is 0.0420. The lowest BCUT2D eigenvalue weighted by molar-refractivity contribution is -0.144. The third-order valence-electron chi connectivity index (χ3n) is 16.3. The first-order valence-electron chi connectivity index (χ1n) is 29.6. The van der Waals surface area contributed by atoms with E-state index >= 15 is 0 Å². The van der Waals surface area contributed by atoms with Gasteiger partial charge in [-0.3, -0.25) is 33.9 Å². The van der Waals surface area contributed by atoms with Gasteiger partial charge >= 0.3 is 0 Å². The molecule has 7 aromatic rings. The zero-order valence-electron chi connectivity index (χ0n) is 49.9. The van der Waals surface area contributed by atoms with Crippen molar-refractivity contribution >= 4 is 69.7 Å². The fourth-order valence-electron chi connectivity index (χ4n) is 11.2. The summed E-state index contributed by atoms with van der Waals surface area (Å²) in [6.07, 6.45) is 8.12. The van der Waals surface area contributed by atoms with Gasteiger partial charge < -0.3 is 35.4 Å². The summed E-state index contributed by atoms with van der Waals surface area (Å²) in [6, 6.07) is 32.2. The normalized spacial score (nSPS) is 16.6. The van der Waals surface area contributed by atoms with E-state index in [0.717, 1.165) is 85.0 Å². The average Bonchev–Trinajstić information content (AvgIpc) is 1.92. The van der Waals surface area contributed by atoms with Crippen LogP contribution in [0.25, 0.3) is 44.9 Å². The van der Waals surface area contributed by atoms with E-state index in [2.05, 4.69) is 42.7 Å². The number of aromatic nitrogens is 4. The molecule has 0 unspecified atom stereocenters. The van der Waals surface area contributed by atoms with Crippen molar-refractivity contribution in [2.45, 2.75) is 97.5 Å². The minimum absolute atomic E-state index is 0.0390. The minimum atomic E-state index is -0.869. The molecule has 4 aromatic carbocycles.